The molecule has 3 heteroatoms. The van der Waals surface area contributed by atoms with Crippen LogP contribution in [0.4, 0.5) is 17.1 Å². The Balaban J connectivity index is 2.07. The third kappa shape index (κ3) is 1.05. The molecule has 2 aliphatic heterocycles. The Hall–Kier alpha value is -1.38. The summed E-state index contributed by atoms with van der Waals surface area (Å²) < 4.78 is 0. The molecule has 1 aromatic carbocycles. The van der Waals surface area contributed by atoms with Crippen LogP contribution >= 0.6 is 0 Å². The topological polar surface area (TPSA) is 41.3 Å². The number of nitrogens with two attached hydrogens (primary N) is 1. The number of fused-ring (bicyclic) bond motifs is 3. The van der Waals surface area contributed by atoms with Crippen LogP contribution in [0.25, 0.3) is 0 Å². The maximum atomic E-state index is 5.81. The zero-order chi connectivity index (χ0) is 9.54. The van der Waals surface area contributed by atoms with Crippen LogP contribution < -0.4 is 16.0 Å². The van der Waals surface area contributed by atoms with Gasteiger partial charge in [0.2, 0.25) is 0 Å². The Morgan fingerprint density at radius 1 is 1.43 bits per heavy atom. The highest BCUT2D eigenvalue weighted by Crippen LogP contribution is 2.36. The first kappa shape index (κ1) is 7.97. The molecule has 0 amide bonds. The van der Waals surface area contributed by atoms with E-state index in [4.69, 9.17) is 5.73 Å². The minimum atomic E-state index is 0.685. The summed E-state index contributed by atoms with van der Waals surface area (Å²) in [6, 6.07) is 6.81. The lowest BCUT2D eigenvalue weighted by Crippen LogP contribution is -2.39. The second-order valence-corrected chi connectivity index (χ2v) is 4.15. The van der Waals surface area contributed by atoms with Gasteiger partial charge in [0.25, 0.3) is 0 Å². The van der Waals surface area contributed by atoms with Gasteiger partial charge in [0.15, 0.2) is 0 Å². The highest BCUT2D eigenvalue weighted by atomic mass is 15.2. The number of nitrogens with zero attached hydrogens (tertiary/aromatic N) is 1. The highest BCUT2D eigenvalue weighted by molar-refractivity contribution is 5.76. The van der Waals surface area contributed by atoms with Crippen molar-refractivity contribution < 1.29 is 0 Å². The number of nitrogens with one attached hydrogen (secondary N) is 1. The molecule has 0 radical (unpaired) electrons. The summed E-state index contributed by atoms with van der Waals surface area (Å²) in [5.41, 5.74) is 9.19. The molecule has 0 aromatic heterocycles. The van der Waals surface area contributed by atoms with Crippen LogP contribution in [-0.4, -0.2) is 19.1 Å². The minimum absolute atomic E-state index is 0.685. The predicted octanol–water partition coefficient (Wildman–Crippen LogP) is 1.66. The van der Waals surface area contributed by atoms with E-state index in [0.717, 1.165) is 12.2 Å². The van der Waals surface area contributed by atoms with Gasteiger partial charge in [-0.1, -0.05) is 0 Å². The fraction of sp³-hybridized carbons (Fsp3) is 0.455. The van der Waals surface area contributed by atoms with Crippen molar-refractivity contribution in [3.8, 4) is 0 Å². The number of rotatable bonds is 0. The lowest BCUT2D eigenvalue weighted by Gasteiger charge is -2.34. The molecule has 1 atom stereocenters. The van der Waals surface area contributed by atoms with Crippen molar-refractivity contribution in [3.63, 3.8) is 0 Å². The molecular weight excluding hydrogens is 174 g/mol. The molecule has 1 saturated heterocycles. The number of benzene rings is 1. The van der Waals surface area contributed by atoms with Crippen LogP contribution in [0, 0.1) is 0 Å². The summed E-state index contributed by atoms with van der Waals surface area (Å²) in [6.45, 7) is 2.26. The number of nitrogen functional groups attached to an aromatic ring is 1. The Morgan fingerprint density at radius 3 is 3.29 bits per heavy atom. The summed E-state index contributed by atoms with van der Waals surface area (Å²) in [6.07, 6.45) is 2.61. The van der Waals surface area contributed by atoms with Crippen molar-refractivity contribution in [2.45, 2.75) is 18.9 Å². The molecular formula is C11H15N3. The fourth-order valence-electron chi connectivity index (χ4n) is 2.53. The van der Waals surface area contributed by atoms with Crippen LogP contribution in [0.1, 0.15) is 12.8 Å². The van der Waals surface area contributed by atoms with Crippen molar-refractivity contribution in [2.24, 2.45) is 0 Å². The van der Waals surface area contributed by atoms with Gasteiger partial charge in [0, 0.05) is 24.8 Å². The largest absolute Gasteiger partial charge is 0.399 e. The molecule has 3 nitrogen and oxygen atoms in total. The van der Waals surface area contributed by atoms with E-state index in [1.165, 1.54) is 30.8 Å². The third-order valence-electron chi connectivity index (χ3n) is 3.24. The summed E-state index contributed by atoms with van der Waals surface area (Å²) in [4.78, 5) is 2.49. The van der Waals surface area contributed by atoms with Crippen molar-refractivity contribution in [2.75, 3.05) is 29.0 Å². The minimum Gasteiger partial charge on any atom is -0.399 e. The number of anilines is 3. The van der Waals surface area contributed by atoms with Gasteiger partial charge in [-0.15, -0.1) is 0 Å². The van der Waals surface area contributed by atoms with Gasteiger partial charge < -0.3 is 16.0 Å². The Bertz CT molecular complexity index is 362. The van der Waals surface area contributed by atoms with E-state index in [1.807, 2.05) is 6.07 Å². The maximum Gasteiger partial charge on any atom is 0.0625 e. The van der Waals surface area contributed by atoms with Crippen LogP contribution in [0.15, 0.2) is 18.2 Å². The lowest BCUT2D eigenvalue weighted by molar-refractivity contribution is 0.683. The summed E-state index contributed by atoms with van der Waals surface area (Å²) in [5, 5.41) is 3.46. The standard InChI is InChI=1S/C11H15N3/c12-8-3-4-10-11(6-8)14-5-1-2-9(14)7-13-10/h3-4,6,9,13H,1-2,5,7,12H2. The first-order chi connectivity index (χ1) is 6.84. The van der Waals surface area contributed by atoms with Crippen LogP contribution in [0.2, 0.25) is 0 Å². The Labute approximate surface area is 83.9 Å². The van der Waals surface area contributed by atoms with Crippen molar-refractivity contribution in [1.82, 2.24) is 0 Å². The quantitative estimate of drug-likeness (QED) is 0.610. The normalized spacial score (nSPS) is 24.0. The molecule has 0 aliphatic carbocycles. The van der Waals surface area contributed by atoms with E-state index in [2.05, 4.69) is 22.3 Å². The third-order valence-corrected chi connectivity index (χ3v) is 3.24. The second kappa shape index (κ2) is 2.80. The van der Waals surface area contributed by atoms with Crippen molar-refractivity contribution in [3.05, 3.63) is 18.2 Å². The molecule has 14 heavy (non-hydrogen) atoms. The lowest BCUT2D eigenvalue weighted by atomic mass is 10.1. The first-order valence-corrected chi connectivity index (χ1v) is 5.24. The second-order valence-electron chi connectivity index (χ2n) is 4.15. The number of hydrogen-bond acceptors (Lipinski definition) is 3. The van der Waals surface area contributed by atoms with Gasteiger partial charge in [-0.25, -0.2) is 0 Å². The van der Waals surface area contributed by atoms with Crippen LogP contribution in [-0.2, 0) is 0 Å². The molecule has 1 aromatic rings. The molecule has 3 rings (SSSR count). The average Bonchev–Trinajstić information content (AvgIpc) is 2.65. The monoisotopic (exact) mass is 189 g/mol. The van der Waals surface area contributed by atoms with E-state index < -0.39 is 0 Å². The Kier molecular flexibility index (Phi) is 1.60. The molecule has 0 saturated carbocycles. The van der Waals surface area contributed by atoms with Crippen molar-refractivity contribution >= 4 is 17.1 Å². The number of hydrogen-bond donors (Lipinski definition) is 2. The zero-order valence-corrected chi connectivity index (χ0v) is 8.16. The van der Waals surface area contributed by atoms with E-state index in [9.17, 15) is 0 Å². The zero-order valence-electron chi connectivity index (χ0n) is 8.16. The van der Waals surface area contributed by atoms with Gasteiger partial charge in [-0.3, -0.25) is 0 Å². The van der Waals surface area contributed by atoms with Crippen molar-refractivity contribution in [1.29, 1.82) is 0 Å². The SMILES string of the molecule is Nc1ccc2c(c1)N1CCCC1CN2. The van der Waals surface area contributed by atoms with Gasteiger partial charge in [0.1, 0.15) is 0 Å². The van der Waals surface area contributed by atoms with E-state index >= 15 is 0 Å². The molecule has 1 fully saturated rings. The molecule has 74 valence electrons. The van der Waals surface area contributed by atoms with Gasteiger partial charge in [0.05, 0.1) is 11.4 Å². The fourth-order valence-corrected chi connectivity index (χ4v) is 2.53. The summed E-state index contributed by atoms with van der Waals surface area (Å²) in [5.74, 6) is 0. The smallest absolute Gasteiger partial charge is 0.0625 e. The first-order valence-electron chi connectivity index (χ1n) is 5.24. The van der Waals surface area contributed by atoms with E-state index in [0.29, 0.717) is 6.04 Å². The summed E-state index contributed by atoms with van der Waals surface area (Å²) in [7, 11) is 0. The predicted molar refractivity (Wildman–Crippen MR) is 59.7 cm³/mol. The molecule has 1 unspecified atom stereocenters. The molecule has 0 bridgehead atoms. The molecule has 0 spiro atoms. The van der Waals surface area contributed by atoms with Gasteiger partial charge in [-0.2, -0.15) is 0 Å². The summed E-state index contributed by atoms with van der Waals surface area (Å²) >= 11 is 0. The maximum absolute atomic E-state index is 5.81. The van der Waals surface area contributed by atoms with Crippen LogP contribution in [0.3, 0.4) is 0 Å². The average molecular weight is 189 g/mol. The van der Waals surface area contributed by atoms with Gasteiger partial charge >= 0.3 is 0 Å². The van der Waals surface area contributed by atoms with E-state index in [1.54, 1.807) is 0 Å². The molecule has 2 aliphatic rings. The van der Waals surface area contributed by atoms with E-state index in [-0.39, 0.29) is 0 Å². The molecule has 3 N–H and O–H groups in total. The Morgan fingerprint density at radius 2 is 2.36 bits per heavy atom. The van der Waals surface area contributed by atoms with Crippen LogP contribution in [0.5, 0.6) is 0 Å². The highest BCUT2D eigenvalue weighted by Gasteiger charge is 2.29. The molecule has 2 heterocycles. The van der Waals surface area contributed by atoms with Gasteiger partial charge in [-0.05, 0) is 31.0 Å².